The third-order valence-electron chi connectivity index (χ3n) is 9.68. The van der Waals surface area contributed by atoms with Gasteiger partial charge in [-0.3, -0.25) is 14.6 Å². The molecule has 0 N–H and O–H groups in total. The van der Waals surface area contributed by atoms with E-state index in [1.165, 1.54) is 40.3 Å². The minimum absolute atomic E-state index is 0.00943. The second-order valence-corrected chi connectivity index (χ2v) is 19.8. The molecule has 1 amide bonds. The molecule has 0 saturated carbocycles. The Hall–Kier alpha value is -3.88. The number of tetrazole rings is 1. The number of pyridine rings is 1. The summed E-state index contributed by atoms with van der Waals surface area (Å²) in [5, 5.41) is 10.9. The zero-order valence-corrected chi connectivity index (χ0v) is 30.5. The van der Waals surface area contributed by atoms with Gasteiger partial charge in [0.15, 0.2) is 26.6 Å². The fourth-order valence-corrected chi connectivity index (χ4v) is 8.12. The fraction of sp³-hybridized carbons (Fsp3) is 0.500. The monoisotopic (exact) mass is 714 g/mol. The number of amides is 1. The first-order chi connectivity index (χ1) is 22.9. The molecule has 3 aromatic rings. The largest absolute Gasteiger partial charge is 0.456 e. The molecule has 11 nitrogen and oxygen atoms in total. The van der Waals surface area contributed by atoms with Crippen molar-refractivity contribution >= 4 is 43.2 Å². The molecule has 1 saturated heterocycles. The number of carbonyl (C=O) groups excluding carboxylic acids is 3. The fourth-order valence-electron chi connectivity index (χ4n) is 6.17. The van der Waals surface area contributed by atoms with E-state index in [2.05, 4.69) is 54.4 Å². The predicted octanol–water partition coefficient (Wildman–Crippen LogP) is 6.29. The molecule has 1 aromatic carbocycles. The summed E-state index contributed by atoms with van der Waals surface area (Å²) in [6.45, 7) is 14.0. The van der Waals surface area contributed by atoms with E-state index in [1.54, 1.807) is 6.07 Å². The Morgan fingerprint density at radius 1 is 1.08 bits per heavy atom. The molecule has 15 heteroatoms. The lowest BCUT2D eigenvalue weighted by Gasteiger charge is -2.43. The van der Waals surface area contributed by atoms with E-state index in [9.17, 15) is 14.4 Å². The van der Waals surface area contributed by atoms with Crippen LogP contribution in [0, 0.1) is 11.6 Å². The number of aryl methyl sites for hydroxylation is 1. The molecular weight excluding hydrogens is 674 g/mol. The van der Waals surface area contributed by atoms with E-state index in [-0.39, 0.29) is 46.1 Å². The van der Waals surface area contributed by atoms with Gasteiger partial charge in [-0.15, -0.1) is 5.10 Å². The summed E-state index contributed by atoms with van der Waals surface area (Å²) in [7, 11) is -2.08. The van der Waals surface area contributed by atoms with Crippen LogP contribution < -0.4 is 0 Å². The van der Waals surface area contributed by atoms with Crippen molar-refractivity contribution in [2.24, 2.45) is 0 Å². The maximum Gasteiger partial charge on any atom is 0.329 e. The number of ketones is 1. The first kappa shape index (κ1) is 36.4. The summed E-state index contributed by atoms with van der Waals surface area (Å²) in [5.41, 5.74) is 0.154. The highest BCUT2D eigenvalue weighted by molar-refractivity contribution is 6.74. The number of rotatable bonds is 11. The van der Waals surface area contributed by atoms with Crippen LogP contribution in [0.25, 0.3) is 11.3 Å². The maximum absolute atomic E-state index is 15.5. The summed E-state index contributed by atoms with van der Waals surface area (Å²) in [4.78, 5) is 45.2. The van der Waals surface area contributed by atoms with E-state index in [4.69, 9.17) is 20.8 Å². The van der Waals surface area contributed by atoms with Crippen LogP contribution in [0.5, 0.6) is 0 Å². The van der Waals surface area contributed by atoms with Gasteiger partial charge in [-0.05, 0) is 98.3 Å². The highest BCUT2D eigenvalue weighted by Gasteiger charge is 2.45. The van der Waals surface area contributed by atoms with Gasteiger partial charge in [0.25, 0.3) is 0 Å². The Morgan fingerprint density at radius 3 is 2.49 bits per heavy atom. The van der Waals surface area contributed by atoms with E-state index < -0.39 is 61.9 Å². The Labute approximate surface area is 290 Å². The third-order valence-corrected chi connectivity index (χ3v) is 14.6. The topological polar surface area (TPSA) is 129 Å². The van der Waals surface area contributed by atoms with Gasteiger partial charge in [-0.25, -0.2) is 13.6 Å². The van der Waals surface area contributed by atoms with Gasteiger partial charge in [0.2, 0.25) is 11.7 Å². The molecule has 2 unspecified atom stereocenters. The number of halogens is 3. The lowest BCUT2D eigenvalue weighted by atomic mass is 9.92. The molecule has 2 aromatic heterocycles. The van der Waals surface area contributed by atoms with Crippen molar-refractivity contribution in [2.45, 2.75) is 103 Å². The lowest BCUT2D eigenvalue weighted by molar-refractivity contribution is -0.152. The van der Waals surface area contributed by atoms with Crippen molar-refractivity contribution in [1.29, 1.82) is 0 Å². The van der Waals surface area contributed by atoms with Crippen LogP contribution in [0.15, 0.2) is 36.8 Å². The van der Waals surface area contributed by atoms with Gasteiger partial charge < -0.3 is 14.1 Å². The number of nitrogens with zero attached hydrogens (tertiary/aromatic N) is 6. The van der Waals surface area contributed by atoms with Crippen LogP contribution in [0.1, 0.15) is 81.9 Å². The van der Waals surface area contributed by atoms with Crippen molar-refractivity contribution in [3.05, 3.63) is 70.3 Å². The lowest BCUT2D eigenvalue weighted by Crippen LogP contribution is -2.47. The highest BCUT2D eigenvalue weighted by Crippen LogP contribution is 2.41. The van der Waals surface area contributed by atoms with E-state index in [0.29, 0.717) is 24.1 Å². The van der Waals surface area contributed by atoms with Gasteiger partial charge in [-0.1, -0.05) is 32.4 Å². The molecule has 1 fully saturated rings. The molecular formula is C34H41ClF2N6O5Si. The molecule has 0 bridgehead atoms. The van der Waals surface area contributed by atoms with Crippen LogP contribution >= 0.6 is 11.6 Å². The Morgan fingerprint density at radius 2 is 1.82 bits per heavy atom. The van der Waals surface area contributed by atoms with Crippen LogP contribution in [-0.4, -0.2) is 80.4 Å². The van der Waals surface area contributed by atoms with Crippen molar-refractivity contribution in [2.75, 3.05) is 6.61 Å². The maximum atomic E-state index is 15.5. The number of benzene rings is 1. The first-order valence-electron chi connectivity index (χ1n) is 16.2. The van der Waals surface area contributed by atoms with Crippen molar-refractivity contribution in [3.63, 3.8) is 0 Å². The molecule has 0 spiro atoms. The van der Waals surface area contributed by atoms with E-state index in [1.807, 2.05) is 13.8 Å². The number of carbonyl (C=O) groups is 3. The van der Waals surface area contributed by atoms with Gasteiger partial charge >= 0.3 is 5.97 Å². The number of hydrogen-bond donors (Lipinski definition) is 0. The molecule has 0 radical (unpaired) electrons. The number of fused-ring (bicyclic) bond motifs is 1. The van der Waals surface area contributed by atoms with Crippen molar-refractivity contribution < 1.29 is 32.3 Å². The van der Waals surface area contributed by atoms with E-state index >= 15 is 8.78 Å². The Balaban J connectivity index is 1.23. The van der Waals surface area contributed by atoms with Crippen LogP contribution in [-0.2, 0) is 25.2 Å². The Kier molecular flexibility index (Phi) is 10.2. The number of ether oxygens (including phenoxy) is 1. The summed E-state index contributed by atoms with van der Waals surface area (Å²) in [5.74, 6) is -3.48. The predicted molar refractivity (Wildman–Crippen MR) is 181 cm³/mol. The molecule has 49 heavy (non-hydrogen) atoms. The van der Waals surface area contributed by atoms with Crippen molar-refractivity contribution in [1.82, 2.24) is 30.1 Å². The normalized spacial score (nSPS) is 18.4. The quantitative estimate of drug-likeness (QED) is 0.128. The number of hydrogen-bond acceptors (Lipinski definition) is 9. The molecule has 262 valence electrons. The highest BCUT2D eigenvalue weighted by atomic mass is 35.5. The summed E-state index contributed by atoms with van der Waals surface area (Å²) >= 11 is 6.09. The van der Waals surface area contributed by atoms with Crippen LogP contribution in [0.4, 0.5) is 8.78 Å². The van der Waals surface area contributed by atoms with Crippen LogP contribution in [0.2, 0.25) is 23.2 Å². The number of Topliss-reactive ketones (excluding diaryl/α,β-unsaturated/α-hetero) is 1. The molecule has 2 aliphatic rings. The summed E-state index contributed by atoms with van der Waals surface area (Å²) < 4.78 is 44.0. The minimum Gasteiger partial charge on any atom is -0.456 e. The van der Waals surface area contributed by atoms with Gasteiger partial charge in [-0.2, -0.15) is 4.68 Å². The third kappa shape index (κ3) is 7.65. The summed E-state index contributed by atoms with van der Waals surface area (Å²) in [6.07, 6.45) is 5.63. The average molecular weight is 715 g/mol. The van der Waals surface area contributed by atoms with Gasteiger partial charge in [0.1, 0.15) is 12.4 Å². The first-order valence-corrected chi connectivity index (χ1v) is 19.5. The molecule has 2 aliphatic heterocycles. The standard InChI is InChI=1S/C34H41ClF2N6O5Si/c1-33(2,3)49(6,7)48-34(4,5)14-12-24-30(36)22(13-15-38-24)27(44)18-47-32(46)26-10-8-21-16-20(17-28(45)43(21)26)29-25(42-19-39-40-41-42)11-9-23(35)31(29)37/h9,11,13,15,17,19,21,26H,8,10,12,14,16,18H2,1-7H3. The molecule has 4 heterocycles. The molecule has 5 rings (SSSR count). The second kappa shape index (κ2) is 13.8. The van der Waals surface area contributed by atoms with Gasteiger partial charge in [0.05, 0.1) is 27.6 Å². The Bertz CT molecular complexity index is 1790. The SMILES string of the molecule is CC(C)(CCc1nccc(C(=O)COC(=O)C2CCC3CC(c4c(-n5cnnn5)ccc(Cl)c4F)=CC(=O)N32)c1F)O[Si](C)(C)C(C)(C)C. The van der Waals surface area contributed by atoms with Crippen molar-refractivity contribution in [3.8, 4) is 5.69 Å². The van der Waals surface area contributed by atoms with Gasteiger partial charge in [0, 0.05) is 23.9 Å². The average Bonchev–Trinajstić information content (AvgIpc) is 3.70. The molecule has 2 atom stereocenters. The number of aromatic nitrogens is 5. The molecule has 0 aliphatic carbocycles. The second-order valence-electron chi connectivity index (χ2n) is 14.6. The zero-order valence-electron chi connectivity index (χ0n) is 28.7. The minimum atomic E-state index is -2.08. The van der Waals surface area contributed by atoms with Crippen LogP contribution in [0.3, 0.4) is 0 Å². The summed E-state index contributed by atoms with van der Waals surface area (Å²) in [6, 6.07) is 2.82. The smallest absolute Gasteiger partial charge is 0.329 e. The van der Waals surface area contributed by atoms with E-state index in [0.717, 1.165) is 0 Å². The number of esters is 1. The zero-order chi connectivity index (χ0) is 35.9.